The Morgan fingerprint density at radius 1 is 1.38 bits per heavy atom. The lowest BCUT2D eigenvalue weighted by atomic mass is 10.1. The molecule has 3 aromatic heterocycles. The lowest BCUT2D eigenvalue weighted by Crippen LogP contribution is -2.33. The van der Waals surface area contributed by atoms with Crippen LogP contribution < -0.4 is 15.6 Å². The van der Waals surface area contributed by atoms with E-state index in [4.69, 9.17) is 4.74 Å². The number of aromatic amines is 1. The molecule has 3 N–H and O–H groups in total. The summed E-state index contributed by atoms with van der Waals surface area (Å²) in [6, 6.07) is 1.58. The number of fused-ring (bicyclic) bond motifs is 1. The summed E-state index contributed by atoms with van der Waals surface area (Å²) in [5, 5.41) is 14.4. The lowest BCUT2D eigenvalue weighted by Gasteiger charge is -2.19. The number of hydrogen-bond donors (Lipinski definition) is 3. The van der Waals surface area contributed by atoms with E-state index in [1.807, 2.05) is 6.92 Å². The van der Waals surface area contributed by atoms with Crippen molar-refractivity contribution in [2.75, 3.05) is 20.2 Å². The Hall–Kier alpha value is -3.18. The molecule has 1 atom stereocenters. The van der Waals surface area contributed by atoms with Crippen LogP contribution in [0.3, 0.4) is 0 Å². The number of nitrogens with zero attached hydrogens (tertiary/aromatic N) is 3. The molecular formula is C23H29N5O5S. The number of aliphatic hydroxyl groups is 1. The molecule has 4 rings (SSSR count). The average Bonchev–Trinajstić information content (AvgIpc) is 3.48. The van der Waals surface area contributed by atoms with Gasteiger partial charge in [-0.1, -0.05) is 0 Å². The van der Waals surface area contributed by atoms with E-state index in [0.717, 1.165) is 0 Å². The van der Waals surface area contributed by atoms with E-state index in [1.54, 1.807) is 45.1 Å². The second-order valence-electron chi connectivity index (χ2n) is 9.01. The highest BCUT2D eigenvalue weighted by Crippen LogP contribution is 2.42. The topological polar surface area (TPSA) is 130 Å². The first kappa shape index (κ1) is 24.0. The Labute approximate surface area is 200 Å². The Kier molecular flexibility index (Phi) is 6.26. The molecule has 2 amide bonds. The fourth-order valence-corrected chi connectivity index (χ4v) is 5.00. The zero-order chi connectivity index (χ0) is 24.8. The number of ether oxygens (including phenoxy) is 1. The minimum absolute atomic E-state index is 0.0654. The van der Waals surface area contributed by atoms with Crippen molar-refractivity contribution in [1.29, 1.82) is 0 Å². The molecule has 34 heavy (non-hydrogen) atoms. The molecular weight excluding hydrogens is 458 g/mol. The van der Waals surface area contributed by atoms with Crippen LogP contribution >= 0.6 is 11.3 Å². The van der Waals surface area contributed by atoms with Gasteiger partial charge in [-0.05, 0) is 33.3 Å². The highest BCUT2D eigenvalue weighted by atomic mass is 32.1. The molecule has 11 heteroatoms. The molecule has 0 aromatic carbocycles. The second-order valence-corrected chi connectivity index (χ2v) is 10.0. The molecule has 1 unspecified atom stereocenters. The van der Waals surface area contributed by atoms with Crippen molar-refractivity contribution in [1.82, 2.24) is 24.8 Å². The van der Waals surface area contributed by atoms with E-state index in [2.05, 4.69) is 15.3 Å². The first-order valence-electron chi connectivity index (χ1n) is 11.1. The molecule has 3 aromatic rings. The van der Waals surface area contributed by atoms with Crippen molar-refractivity contribution in [3.8, 4) is 16.3 Å². The Bertz CT molecular complexity index is 1320. The zero-order valence-corrected chi connectivity index (χ0v) is 20.7. The molecule has 1 saturated heterocycles. The highest BCUT2D eigenvalue weighted by Gasteiger charge is 2.31. The van der Waals surface area contributed by atoms with Gasteiger partial charge in [-0.3, -0.25) is 14.4 Å². The Balaban J connectivity index is 1.82. The summed E-state index contributed by atoms with van der Waals surface area (Å²) in [4.78, 5) is 46.9. The van der Waals surface area contributed by atoms with E-state index in [-0.39, 0.29) is 35.7 Å². The number of thiazole rings is 1. The number of H-pyrrole nitrogens is 1. The van der Waals surface area contributed by atoms with E-state index in [1.165, 1.54) is 15.9 Å². The maximum Gasteiger partial charge on any atom is 0.274 e. The van der Waals surface area contributed by atoms with Gasteiger partial charge in [-0.25, -0.2) is 4.98 Å². The number of hydrogen-bond acceptors (Lipinski definition) is 7. The number of carbonyl (C=O) groups is 2. The molecule has 10 nitrogen and oxygen atoms in total. The van der Waals surface area contributed by atoms with Crippen molar-refractivity contribution in [3.63, 3.8) is 0 Å². The van der Waals surface area contributed by atoms with Crippen LogP contribution in [0.25, 0.3) is 21.3 Å². The summed E-state index contributed by atoms with van der Waals surface area (Å²) >= 11 is 1.26. The number of aromatic nitrogens is 3. The lowest BCUT2D eigenvalue weighted by molar-refractivity contribution is -0.127. The largest absolute Gasteiger partial charge is 0.474 e. The second kappa shape index (κ2) is 8.88. The normalized spacial score (nSPS) is 16.5. The van der Waals surface area contributed by atoms with E-state index in [9.17, 15) is 19.5 Å². The van der Waals surface area contributed by atoms with Crippen molar-refractivity contribution in [2.24, 2.45) is 7.05 Å². The van der Waals surface area contributed by atoms with Gasteiger partial charge in [0.05, 0.1) is 6.04 Å². The predicted octanol–water partition coefficient (Wildman–Crippen LogP) is 1.97. The number of carbonyl (C=O) groups excluding carboxylic acids is 2. The summed E-state index contributed by atoms with van der Waals surface area (Å²) in [7, 11) is 3.39. The van der Waals surface area contributed by atoms with Crippen LogP contribution in [0.1, 0.15) is 49.1 Å². The van der Waals surface area contributed by atoms with Gasteiger partial charge in [-0.2, -0.15) is 0 Å². The van der Waals surface area contributed by atoms with Crippen LogP contribution in [0, 0.1) is 0 Å². The number of nitrogens with one attached hydrogen (secondary N) is 2. The summed E-state index contributed by atoms with van der Waals surface area (Å²) < 4.78 is 7.54. The summed E-state index contributed by atoms with van der Waals surface area (Å²) in [6.07, 6.45) is 2.86. The standard InChI is InChI=1S/C23H29N5O5S/c1-6-24-19(30)15-9-13-14(10-27(4)21(31)17(13)25-15)18-20(26-22(34-18)23(2,3)32)33-11-12-7-8-16(29)28(12)5/h9-10,12,25,32H,6-8,11H2,1-5H3,(H,24,30). The minimum atomic E-state index is -1.20. The third-order valence-electron chi connectivity index (χ3n) is 5.96. The summed E-state index contributed by atoms with van der Waals surface area (Å²) in [5.74, 6) is 0.0865. The average molecular weight is 488 g/mol. The van der Waals surface area contributed by atoms with Gasteiger partial charge in [0.25, 0.3) is 11.5 Å². The molecule has 182 valence electrons. The zero-order valence-electron chi connectivity index (χ0n) is 19.9. The number of likely N-dealkylation sites (N-methyl/N-ethyl adjacent to an activating group) is 1. The third-order valence-corrected chi connectivity index (χ3v) is 7.34. The fourth-order valence-electron chi connectivity index (χ4n) is 3.96. The van der Waals surface area contributed by atoms with E-state index < -0.39 is 5.60 Å². The van der Waals surface area contributed by atoms with Crippen molar-refractivity contribution in [3.05, 3.63) is 33.3 Å². The smallest absolute Gasteiger partial charge is 0.274 e. The van der Waals surface area contributed by atoms with Gasteiger partial charge >= 0.3 is 0 Å². The number of amides is 2. The Morgan fingerprint density at radius 2 is 2.12 bits per heavy atom. The van der Waals surface area contributed by atoms with Crippen LogP contribution in [0.4, 0.5) is 0 Å². The van der Waals surface area contributed by atoms with Crippen LogP contribution in [-0.2, 0) is 17.4 Å². The van der Waals surface area contributed by atoms with Gasteiger partial charge in [0.2, 0.25) is 11.8 Å². The maximum atomic E-state index is 12.8. The molecule has 0 bridgehead atoms. The van der Waals surface area contributed by atoms with Crippen LogP contribution in [0.5, 0.6) is 5.88 Å². The predicted molar refractivity (Wildman–Crippen MR) is 129 cm³/mol. The van der Waals surface area contributed by atoms with Crippen LogP contribution in [0.15, 0.2) is 17.1 Å². The SMILES string of the molecule is CCNC(=O)c1cc2c(-c3sc(C(C)(C)O)nc3OCC3CCC(=O)N3C)cn(C)c(=O)c2[nH]1. The molecule has 0 saturated carbocycles. The maximum absolute atomic E-state index is 12.8. The number of rotatable bonds is 7. The monoisotopic (exact) mass is 487 g/mol. The number of aryl methyl sites for hydroxylation is 1. The van der Waals surface area contributed by atoms with Crippen molar-refractivity contribution >= 4 is 34.1 Å². The molecule has 1 aliphatic heterocycles. The summed E-state index contributed by atoms with van der Waals surface area (Å²) in [6.45, 7) is 5.82. The molecule has 0 aliphatic carbocycles. The van der Waals surface area contributed by atoms with Gasteiger partial charge in [0.15, 0.2) is 0 Å². The minimum Gasteiger partial charge on any atom is -0.474 e. The third kappa shape index (κ3) is 4.32. The number of likely N-dealkylation sites (tertiary alicyclic amines) is 1. The van der Waals surface area contributed by atoms with Crippen LogP contribution in [0.2, 0.25) is 0 Å². The first-order valence-corrected chi connectivity index (χ1v) is 12.0. The van der Waals surface area contributed by atoms with Crippen molar-refractivity contribution < 1.29 is 19.4 Å². The molecule has 4 heterocycles. The van der Waals surface area contributed by atoms with Crippen LogP contribution in [-0.4, -0.2) is 62.6 Å². The van der Waals surface area contributed by atoms with Gasteiger partial charge in [0.1, 0.15) is 33.3 Å². The molecule has 0 radical (unpaired) electrons. The molecule has 1 aliphatic rings. The van der Waals surface area contributed by atoms with Gasteiger partial charge in [-0.15, -0.1) is 11.3 Å². The summed E-state index contributed by atoms with van der Waals surface area (Å²) in [5.41, 5.74) is -0.239. The van der Waals surface area contributed by atoms with E-state index in [0.29, 0.717) is 51.6 Å². The highest BCUT2D eigenvalue weighted by molar-refractivity contribution is 7.15. The van der Waals surface area contributed by atoms with Gasteiger partial charge < -0.3 is 29.6 Å². The van der Waals surface area contributed by atoms with E-state index >= 15 is 0 Å². The molecule has 1 fully saturated rings. The first-order chi connectivity index (χ1) is 16.0. The van der Waals surface area contributed by atoms with Crippen molar-refractivity contribution in [2.45, 2.75) is 45.3 Å². The van der Waals surface area contributed by atoms with Gasteiger partial charge in [0, 0.05) is 44.2 Å². The quantitative estimate of drug-likeness (QED) is 0.467. The number of pyridine rings is 1. The Morgan fingerprint density at radius 3 is 2.74 bits per heavy atom. The molecule has 0 spiro atoms. The fraction of sp³-hybridized carbons (Fsp3) is 0.478.